The van der Waals surface area contributed by atoms with Gasteiger partial charge in [0.2, 0.25) is 0 Å². The molecule has 5 nitrogen and oxygen atoms in total. The first-order chi connectivity index (χ1) is 8.11. The first-order valence-electron chi connectivity index (χ1n) is 4.90. The molecule has 0 fully saturated rings. The number of nitrogen functional groups attached to an aromatic ring is 2. The summed E-state index contributed by atoms with van der Waals surface area (Å²) in [6, 6.07) is 15.6. The van der Waals surface area contributed by atoms with Gasteiger partial charge < -0.3 is 11.5 Å². The molecule has 0 radical (unpaired) electrons. The van der Waals surface area contributed by atoms with Crippen LogP contribution in [-0.4, -0.2) is 4.92 Å². The third kappa shape index (κ3) is 4.21. The van der Waals surface area contributed by atoms with E-state index in [-0.39, 0.29) is 11.4 Å². The monoisotopic (exact) mass is 231 g/mol. The number of nitro groups is 1. The average Bonchev–Trinajstić information content (AvgIpc) is 2.31. The Morgan fingerprint density at radius 2 is 1.41 bits per heavy atom. The Balaban J connectivity index is 0.000000181. The van der Waals surface area contributed by atoms with E-state index in [9.17, 15) is 10.1 Å². The highest BCUT2D eigenvalue weighted by Crippen LogP contribution is 2.18. The molecule has 0 aliphatic carbocycles. The Morgan fingerprint density at radius 3 is 1.76 bits per heavy atom. The minimum atomic E-state index is -0.505. The quantitative estimate of drug-likeness (QED) is 0.447. The van der Waals surface area contributed by atoms with E-state index in [1.807, 2.05) is 30.3 Å². The summed E-state index contributed by atoms with van der Waals surface area (Å²) < 4.78 is 0. The van der Waals surface area contributed by atoms with E-state index in [1.54, 1.807) is 12.1 Å². The highest BCUT2D eigenvalue weighted by molar-refractivity contribution is 5.57. The van der Waals surface area contributed by atoms with E-state index in [2.05, 4.69) is 0 Å². The van der Waals surface area contributed by atoms with E-state index in [0.29, 0.717) is 0 Å². The molecular formula is C12H13N3O2. The van der Waals surface area contributed by atoms with Crippen molar-refractivity contribution < 1.29 is 4.92 Å². The fourth-order valence-electron chi connectivity index (χ4n) is 1.11. The number of anilines is 2. The van der Waals surface area contributed by atoms with Crippen molar-refractivity contribution in [3.8, 4) is 0 Å². The molecule has 88 valence electrons. The van der Waals surface area contributed by atoms with Crippen LogP contribution in [0, 0.1) is 10.1 Å². The maximum absolute atomic E-state index is 10.1. The number of hydrogen-bond donors (Lipinski definition) is 2. The lowest BCUT2D eigenvalue weighted by atomic mass is 10.3. The van der Waals surface area contributed by atoms with Crippen molar-refractivity contribution in [3.63, 3.8) is 0 Å². The minimum absolute atomic E-state index is 0.0394. The first kappa shape index (κ1) is 12.5. The van der Waals surface area contributed by atoms with Gasteiger partial charge in [-0.2, -0.15) is 0 Å². The second kappa shape index (κ2) is 6.12. The van der Waals surface area contributed by atoms with Gasteiger partial charge in [0.25, 0.3) is 5.69 Å². The van der Waals surface area contributed by atoms with Gasteiger partial charge in [0.1, 0.15) is 5.69 Å². The molecule has 4 N–H and O–H groups in total. The molecule has 0 aliphatic heterocycles. The fourth-order valence-corrected chi connectivity index (χ4v) is 1.11. The number of rotatable bonds is 1. The molecule has 0 bridgehead atoms. The Kier molecular flexibility index (Phi) is 4.50. The van der Waals surface area contributed by atoms with E-state index >= 15 is 0 Å². The predicted octanol–water partition coefficient (Wildman–Crippen LogP) is 2.45. The van der Waals surface area contributed by atoms with E-state index < -0.39 is 4.92 Å². The Morgan fingerprint density at radius 1 is 0.882 bits per heavy atom. The molecule has 0 unspecified atom stereocenters. The largest absolute Gasteiger partial charge is 0.399 e. The van der Waals surface area contributed by atoms with E-state index in [1.165, 1.54) is 12.1 Å². The number of hydrogen-bond acceptors (Lipinski definition) is 4. The normalized spacial score (nSPS) is 8.94. The third-order valence-electron chi connectivity index (χ3n) is 1.93. The van der Waals surface area contributed by atoms with Crippen molar-refractivity contribution in [2.45, 2.75) is 0 Å². The lowest BCUT2D eigenvalue weighted by molar-refractivity contribution is -0.383. The first-order valence-corrected chi connectivity index (χ1v) is 4.90. The van der Waals surface area contributed by atoms with Gasteiger partial charge in [0.15, 0.2) is 0 Å². The number of benzene rings is 2. The average molecular weight is 231 g/mol. The summed E-state index contributed by atoms with van der Waals surface area (Å²) in [4.78, 5) is 9.64. The van der Waals surface area contributed by atoms with Gasteiger partial charge >= 0.3 is 0 Å². The van der Waals surface area contributed by atoms with Crippen LogP contribution in [0.2, 0.25) is 0 Å². The molecular weight excluding hydrogens is 218 g/mol. The fraction of sp³-hybridized carbons (Fsp3) is 0. The van der Waals surface area contributed by atoms with Gasteiger partial charge in [0.05, 0.1) is 4.92 Å². The van der Waals surface area contributed by atoms with Crippen LogP contribution in [0.15, 0.2) is 54.6 Å². The predicted molar refractivity (Wildman–Crippen MR) is 68.4 cm³/mol. The van der Waals surface area contributed by atoms with Crippen LogP contribution in [0.4, 0.5) is 17.1 Å². The molecule has 0 saturated heterocycles. The zero-order chi connectivity index (χ0) is 12.7. The summed E-state index contributed by atoms with van der Waals surface area (Å²) in [5.41, 5.74) is 11.6. The van der Waals surface area contributed by atoms with Crippen molar-refractivity contribution >= 4 is 17.1 Å². The molecule has 5 heteroatoms. The smallest absolute Gasteiger partial charge is 0.292 e. The summed E-state index contributed by atoms with van der Waals surface area (Å²) in [6.45, 7) is 0. The third-order valence-corrected chi connectivity index (χ3v) is 1.93. The Labute approximate surface area is 98.8 Å². The molecule has 2 aromatic carbocycles. The number of nitrogens with two attached hydrogens (primary N) is 2. The Hall–Kier alpha value is -2.56. The molecule has 0 heterocycles. The summed E-state index contributed by atoms with van der Waals surface area (Å²) >= 11 is 0. The zero-order valence-electron chi connectivity index (χ0n) is 9.11. The summed E-state index contributed by atoms with van der Waals surface area (Å²) in [5.74, 6) is 0. The second-order valence-corrected chi connectivity index (χ2v) is 3.23. The molecule has 0 saturated carbocycles. The lowest BCUT2D eigenvalue weighted by Gasteiger charge is -1.92. The van der Waals surface area contributed by atoms with Gasteiger partial charge in [-0.15, -0.1) is 0 Å². The highest BCUT2D eigenvalue weighted by Gasteiger charge is 2.07. The van der Waals surface area contributed by atoms with Crippen LogP contribution in [0.5, 0.6) is 0 Å². The Bertz CT molecular complexity index is 486. The van der Waals surface area contributed by atoms with Crippen LogP contribution in [0.1, 0.15) is 0 Å². The molecule has 2 aromatic rings. The minimum Gasteiger partial charge on any atom is -0.399 e. The molecule has 2 rings (SSSR count). The molecule has 0 aliphatic rings. The van der Waals surface area contributed by atoms with Gasteiger partial charge in [-0.1, -0.05) is 30.3 Å². The SMILES string of the molecule is Nc1ccccc1.Nc1ccccc1[N+](=O)[O-]. The van der Waals surface area contributed by atoms with E-state index in [4.69, 9.17) is 11.5 Å². The molecule has 0 spiro atoms. The van der Waals surface area contributed by atoms with Crippen LogP contribution in [-0.2, 0) is 0 Å². The summed E-state index contributed by atoms with van der Waals surface area (Å²) in [6.07, 6.45) is 0. The maximum Gasteiger partial charge on any atom is 0.292 e. The number of para-hydroxylation sites is 3. The van der Waals surface area contributed by atoms with E-state index in [0.717, 1.165) is 5.69 Å². The van der Waals surface area contributed by atoms with Crippen molar-refractivity contribution in [1.29, 1.82) is 0 Å². The number of nitrogens with zero attached hydrogens (tertiary/aromatic N) is 1. The highest BCUT2D eigenvalue weighted by atomic mass is 16.6. The molecule has 17 heavy (non-hydrogen) atoms. The number of nitro benzene ring substituents is 1. The maximum atomic E-state index is 10.1. The van der Waals surface area contributed by atoms with Crippen molar-refractivity contribution in [3.05, 3.63) is 64.7 Å². The van der Waals surface area contributed by atoms with Crippen LogP contribution in [0.3, 0.4) is 0 Å². The van der Waals surface area contributed by atoms with Crippen molar-refractivity contribution in [1.82, 2.24) is 0 Å². The second-order valence-electron chi connectivity index (χ2n) is 3.23. The van der Waals surface area contributed by atoms with Gasteiger partial charge in [-0.05, 0) is 18.2 Å². The van der Waals surface area contributed by atoms with Gasteiger partial charge in [0, 0.05) is 11.8 Å². The van der Waals surface area contributed by atoms with Gasteiger partial charge in [-0.25, -0.2) is 0 Å². The van der Waals surface area contributed by atoms with Crippen LogP contribution < -0.4 is 11.5 Å². The molecule has 0 aromatic heterocycles. The van der Waals surface area contributed by atoms with Crippen molar-refractivity contribution in [2.75, 3.05) is 11.5 Å². The summed E-state index contributed by atoms with van der Waals surface area (Å²) in [7, 11) is 0. The topological polar surface area (TPSA) is 95.2 Å². The zero-order valence-corrected chi connectivity index (χ0v) is 9.11. The lowest BCUT2D eigenvalue weighted by Crippen LogP contribution is -1.93. The van der Waals surface area contributed by atoms with Crippen molar-refractivity contribution in [2.24, 2.45) is 0 Å². The molecule has 0 atom stereocenters. The molecule has 0 amide bonds. The van der Waals surface area contributed by atoms with Crippen LogP contribution in [0.25, 0.3) is 0 Å². The van der Waals surface area contributed by atoms with Crippen LogP contribution >= 0.6 is 0 Å². The van der Waals surface area contributed by atoms with Gasteiger partial charge in [-0.3, -0.25) is 10.1 Å². The summed E-state index contributed by atoms with van der Waals surface area (Å²) in [5, 5.41) is 10.1. The standard InChI is InChI=1S/C6H6N2O2.C6H7N/c7-5-3-1-2-4-6(5)8(9)10;7-6-4-2-1-3-5-6/h1-4H,7H2;1-5H,7H2.